The molecule has 4 aromatic rings. The van der Waals surface area contributed by atoms with Gasteiger partial charge in [-0.15, -0.1) is 0 Å². The molecule has 0 aliphatic carbocycles. The molecule has 1 atom stereocenters. The maximum Gasteiger partial charge on any atom is 0.265 e. The second kappa shape index (κ2) is 8.63. The minimum absolute atomic E-state index is 0.185. The molecule has 5 rings (SSSR count). The maximum atomic E-state index is 14.2. The normalized spacial score (nSPS) is 15.0. The van der Waals surface area contributed by atoms with Crippen LogP contribution in [-0.4, -0.2) is 15.5 Å². The van der Waals surface area contributed by atoms with E-state index in [1.807, 2.05) is 72.8 Å². The van der Waals surface area contributed by atoms with Crippen molar-refractivity contribution in [1.82, 2.24) is 0 Å². The van der Waals surface area contributed by atoms with E-state index in [1.54, 1.807) is 29.6 Å². The molecule has 1 heterocycles. The van der Waals surface area contributed by atoms with E-state index >= 15 is 0 Å². The summed E-state index contributed by atoms with van der Waals surface area (Å²) in [5, 5.41) is 0. The van der Waals surface area contributed by atoms with Gasteiger partial charge in [-0.1, -0.05) is 70.5 Å². The van der Waals surface area contributed by atoms with Gasteiger partial charge in [0.2, 0.25) is 0 Å². The van der Waals surface area contributed by atoms with Crippen molar-refractivity contribution in [3.8, 4) is 16.9 Å². The number of anilines is 1. The lowest BCUT2D eigenvalue weighted by molar-refractivity contribution is 0.411. The SMILES string of the molecule is COc1ccc(S(=O)(=O)N2c3ccc(Br)cc3-c3ccccc3C2c2ccccc2)cc1Br. The predicted molar refractivity (Wildman–Crippen MR) is 138 cm³/mol. The zero-order chi connectivity index (χ0) is 23.2. The molecule has 1 aliphatic rings. The number of methoxy groups -OCH3 is 1. The lowest BCUT2D eigenvalue weighted by Crippen LogP contribution is -2.38. The van der Waals surface area contributed by atoms with E-state index in [4.69, 9.17) is 4.74 Å². The van der Waals surface area contributed by atoms with Gasteiger partial charge < -0.3 is 4.74 Å². The van der Waals surface area contributed by atoms with E-state index in [-0.39, 0.29) is 4.90 Å². The molecule has 33 heavy (non-hydrogen) atoms. The summed E-state index contributed by atoms with van der Waals surface area (Å²) >= 11 is 6.99. The van der Waals surface area contributed by atoms with E-state index < -0.39 is 16.1 Å². The smallest absolute Gasteiger partial charge is 0.265 e. The number of rotatable bonds is 4. The molecular weight excluding hydrogens is 566 g/mol. The van der Waals surface area contributed by atoms with Crippen LogP contribution in [0.15, 0.2) is 105 Å². The van der Waals surface area contributed by atoms with Crippen LogP contribution >= 0.6 is 31.9 Å². The zero-order valence-electron chi connectivity index (χ0n) is 17.6. The van der Waals surface area contributed by atoms with Crippen molar-refractivity contribution < 1.29 is 13.2 Å². The number of nitrogens with zero attached hydrogens (tertiary/aromatic N) is 1. The summed E-state index contributed by atoms with van der Waals surface area (Å²) in [4.78, 5) is 0.185. The van der Waals surface area contributed by atoms with Gasteiger partial charge in [0.05, 0.1) is 28.2 Å². The van der Waals surface area contributed by atoms with Gasteiger partial charge in [-0.3, -0.25) is 4.31 Å². The Bertz CT molecular complexity index is 1460. The predicted octanol–water partition coefficient (Wildman–Crippen LogP) is 7.19. The van der Waals surface area contributed by atoms with Crippen LogP contribution in [0.2, 0.25) is 0 Å². The van der Waals surface area contributed by atoms with Crippen molar-refractivity contribution >= 4 is 47.6 Å². The Labute approximate surface area is 210 Å². The van der Waals surface area contributed by atoms with Crippen molar-refractivity contribution in [2.45, 2.75) is 10.9 Å². The highest BCUT2D eigenvalue weighted by Gasteiger charge is 2.40. The monoisotopic (exact) mass is 583 g/mol. The zero-order valence-corrected chi connectivity index (χ0v) is 21.6. The van der Waals surface area contributed by atoms with Crippen LogP contribution in [0.5, 0.6) is 5.75 Å². The van der Waals surface area contributed by atoms with Gasteiger partial charge in [-0.05, 0) is 69.0 Å². The van der Waals surface area contributed by atoms with Crippen LogP contribution in [0.3, 0.4) is 0 Å². The van der Waals surface area contributed by atoms with Crippen molar-refractivity contribution in [3.63, 3.8) is 0 Å². The molecular formula is C26H19Br2NO3S. The lowest BCUT2D eigenvalue weighted by Gasteiger charge is -2.39. The number of benzene rings is 4. The molecule has 0 aromatic heterocycles. The van der Waals surface area contributed by atoms with Gasteiger partial charge in [0.15, 0.2) is 0 Å². The van der Waals surface area contributed by atoms with Crippen LogP contribution in [0, 0.1) is 0 Å². The van der Waals surface area contributed by atoms with Gasteiger partial charge in [0, 0.05) is 10.0 Å². The first kappa shape index (κ1) is 22.2. The molecule has 0 saturated carbocycles. The quantitative estimate of drug-likeness (QED) is 0.255. The van der Waals surface area contributed by atoms with Gasteiger partial charge >= 0.3 is 0 Å². The van der Waals surface area contributed by atoms with Crippen LogP contribution < -0.4 is 9.04 Å². The van der Waals surface area contributed by atoms with Crippen molar-refractivity contribution in [2.24, 2.45) is 0 Å². The molecule has 0 spiro atoms. The Morgan fingerprint density at radius 3 is 2.27 bits per heavy atom. The second-order valence-corrected chi connectivity index (χ2v) is 11.2. The Morgan fingerprint density at radius 1 is 0.818 bits per heavy atom. The van der Waals surface area contributed by atoms with E-state index in [0.29, 0.717) is 15.9 Å². The average Bonchev–Trinajstić information content (AvgIpc) is 2.83. The van der Waals surface area contributed by atoms with Gasteiger partial charge in [0.1, 0.15) is 5.75 Å². The van der Waals surface area contributed by atoms with E-state index in [1.165, 1.54) is 0 Å². The first-order valence-electron chi connectivity index (χ1n) is 10.2. The molecule has 0 N–H and O–H groups in total. The number of fused-ring (bicyclic) bond motifs is 3. The lowest BCUT2D eigenvalue weighted by atomic mass is 9.86. The molecule has 0 amide bonds. The summed E-state index contributed by atoms with van der Waals surface area (Å²) in [6.45, 7) is 0. The first-order chi connectivity index (χ1) is 15.9. The Kier molecular flexibility index (Phi) is 5.80. The highest BCUT2D eigenvalue weighted by Crippen LogP contribution is 2.50. The van der Waals surface area contributed by atoms with Crippen LogP contribution in [-0.2, 0) is 10.0 Å². The number of sulfonamides is 1. The van der Waals surface area contributed by atoms with E-state index in [2.05, 4.69) is 31.9 Å². The highest BCUT2D eigenvalue weighted by molar-refractivity contribution is 9.10. The summed E-state index contributed by atoms with van der Waals surface area (Å²) < 4.78 is 36.8. The second-order valence-electron chi connectivity index (χ2n) is 7.66. The average molecular weight is 585 g/mol. The molecule has 166 valence electrons. The number of hydrogen-bond acceptors (Lipinski definition) is 3. The number of hydrogen-bond donors (Lipinski definition) is 0. The first-order valence-corrected chi connectivity index (χ1v) is 13.3. The van der Waals surface area contributed by atoms with Crippen LogP contribution in [0.1, 0.15) is 17.2 Å². The van der Waals surface area contributed by atoms with Crippen LogP contribution in [0.25, 0.3) is 11.1 Å². The molecule has 0 radical (unpaired) electrons. The van der Waals surface area contributed by atoms with Crippen molar-refractivity contribution in [1.29, 1.82) is 0 Å². The Hall–Kier alpha value is -2.61. The van der Waals surface area contributed by atoms with Gasteiger partial charge in [0.25, 0.3) is 10.0 Å². The highest BCUT2D eigenvalue weighted by atomic mass is 79.9. The molecule has 7 heteroatoms. The number of halogens is 2. The van der Waals surface area contributed by atoms with Crippen molar-refractivity contribution in [3.05, 3.63) is 111 Å². The molecule has 4 nitrogen and oxygen atoms in total. The fourth-order valence-corrected chi connectivity index (χ4v) is 7.02. The van der Waals surface area contributed by atoms with E-state index in [0.717, 1.165) is 26.7 Å². The Morgan fingerprint density at radius 2 is 1.55 bits per heavy atom. The fourth-order valence-electron chi connectivity index (χ4n) is 4.30. The third kappa shape index (κ3) is 3.78. The summed E-state index contributed by atoms with van der Waals surface area (Å²) in [6.07, 6.45) is 0. The third-order valence-corrected chi connectivity index (χ3v) is 8.66. The molecule has 0 bridgehead atoms. The summed E-state index contributed by atoms with van der Waals surface area (Å²) in [6, 6.07) is 27.8. The number of ether oxygens (including phenoxy) is 1. The third-order valence-electron chi connectivity index (χ3n) is 5.77. The van der Waals surface area contributed by atoms with Crippen molar-refractivity contribution in [2.75, 3.05) is 11.4 Å². The summed E-state index contributed by atoms with van der Waals surface area (Å²) in [5.74, 6) is 0.571. The maximum absolute atomic E-state index is 14.2. The minimum Gasteiger partial charge on any atom is -0.496 e. The minimum atomic E-state index is -3.94. The largest absolute Gasteiger partial charge is 0.496 e. The fraction of sp³-hybridized carbons (Fsp3) is 0.0769. The molecule has 4 aromatic carbocycles. The Balaban J connectivity index is 1.81. The standard InChI is InChI=1S/C26H19Br2NO3S/c1-32-25-14-12-19(16-23(25)28)33(30,31)29-24-13-11-18(27)15-22(24)20-9-5-6-10-21(20)26(29)17-7-3-2-4-8-17/h2-16,26H,1H3. The molecule has 0 fully saturated rings. The van der Waals surface area contributed by atoms with E-state index in [9.17, 15) is 8.42 Å². The summed E-state index contributed by atoms with van der Waals surface area (Å²) in [7, 11) is -2.39. The van der Waals surface area contributed by atoms with Gasteiger partial charge in [-0.2, -0.15) is 0 Å². The van der Waals surface area contributed by atoms with Gasteiger partial charge in [-0.25, -0.2) is 8.42 Å². The van der Waals surface area contributed by atoms with Crippen LogP contribution in [0.4, 0.5) is 5.69 Å². The topological polar surface area (TPSA) is 46.6 Å². The molecule has 1 unspecified atom stereocenters. The molecule has 1 aliphatic heterocycles. The summed E-state index contributed by atoms with van der Waals surface area (Å²) in [5.41, 5.74) is 4.35. The molecule has 0 saturated heterocycles.